The summed E-state index contributed by atoms with van der Waals surface area (Å²) in [5.74, 6) is 0.643. The number of nitrogens with zero attached hydrogens (tertiary/aromatic N) is 2. The number of amides is 2. The zero-order chi connectivity index (χ0) is 17.6. The van der Waals surface area contributed by atoms with Gasteiger partial charge < -0.3 is 14.7 Å². The van der Waals surface area contributed by atoms with Crippen LogP contribution in [0.2, 0.25) is 0 Å². The van der Waals surface area contributed by atoms with Crippen molar-refractivity contribution in [3.63, 3.8) is 0 Å². The monoisotopic (exact) mass is 335 g/mol. The van der Waals surface area contributed by atoms with Gasteiger partial charge in [0, 0.05) is 19.7 Å². The van der Waals surface area contributed by atoms with Crippen molar-refractivity contribution >= 4 is 6.03 Å². The Morgan fingerprint density at radius 1 is 1.12 bits per heavy atom. The summed E-state index contributed by atoms with van der Waals surface area (Å²) in [6, 6.07) is 20.0. The lowest BCUT2D eigenvalue weighted by Gasteiger charge is -2.19. The molecular formula is C20H21N3O2. The Morgan fingerprint density at radius 2 is 1.84 bits per heavy atom. The van der Waals surface area contributed by atoms with Gasteiger partial charge >= 0.3 is 6.03 Å². The zero-order valence-corrected chi connectivity index (χ0v) is 14.4. The summed E-state index contributed by atoms with van der Waals surface area (Å²) in [5, 5.41) is 6.66. The van der Waals surface area contributed by atoms with E-state index in [2.05, 4.69) is 28.7 Å². The van der Waals surface area contributed by atoms with E-state index in [0.29, 0.717) is 18.8 Å². The second-order valence-electron chi connectivity index (χ2n) is 5.97. The van der Waals surface area contributed by atoms with E-state index in [-0.39, 0.29) is 6.03 Å². The van der Waals surface area contributed by atoms with Crippen LogP contribution < -0.4 is 5.32 Å². The van der Waals surface area contributed by atoms with E-state index in [1.54, 1.807) is 11.9 Å². The molecule has 0 saturated heterocycles. The molecule has 5 nitrogen and oxygen atoms in total. The van der Waals surface area contributed by atoms with Crippen LogP contribution in [0.3, 0.4) is 0 Å². The van der Waals surface area contributed by atoms with Crippen LogP contribution >= 0.6 is 0 Å². The molecule has 2 aromatic carbocycles. The lowest BCUT2D eigenvalue weighted by atomic mass is 9.99. The molecule has 25 heavy (non-hydrogen) atoms. The van der Waals surface area contributed by atoms with E-state index in [4.69, 9.17) is 4.52 Å². The summed E-state index contributed by atoms with van der Waals surface area (Å²) in [7, 11) is 1.78. The molecule has 0 atom stereocenters. The highest BCUT2D eigenvalue weighted by atomic mass is 16.5. The molecule has 0 radical (unpaired) electrons. The van der Waals surface area contributed by atoms with E-state index < -0.39 is 0 Å². The molecule has 0 bridgehead atoms. The highest BCUT2D eigenvalue weighted by molar-refractivity contribution is 5.74. The van der Waals surface area contributed by atoms with Crippen LogP contribution in [0.4, 0.5) is 4.79 Å². The predicted molar refractivity (Wildman–Crippen MR) is 96.8 cm³/mol. The molecule has 3 aromatic rings. The fourth-order valence-electron chi connectivity index (χ4n) is 2.68. The molecule has 0 saturated carbocycles. The molecule has 5 heteroatoms. The number of aromatic nitrogens is 1. The van der Waals surface area contributed by atoms with E-state index >= 15 is 0 Å². The predicted octanol–water partition coefficient (Wildman–Crippen LogP) is 3.99. The molecular weight excluding hydrogens is 314 g/mol. The Kier molecular flexibility index (Phi) is 5.14. The van der Waals surface area contributed by atoms with Gasteiger partial charge in [0.1, 0.15) is 0 Å². The van der Waals surface area contributed by atoms with Crippen LogP contribution in [0.5, 0.6) is 0 Å². The molecule has 0 aliphatic rings. The van der Waals surface area contributed by atoms with Gasteiger partial charge in [-0.3, -0.25) is 0 Å². The number of carbonyl (C=O) groups is 1. The second-order valence-corrected chi connectivity index (χ2v) is 5.97. The van der Waals surface area contributed by atoms with Crippen molar-refractivity contribution in [3.8, 4) is 11.1 Å². The van der Waals surface area contributed by atoms with Gasteiger partial charge in [0.2, 0.25) is 0 Å². The minimum Gasteiger partial charge on any atom is -0.359 e. The smallest absolute Gasteiger partial charge is 0.317 e. The standard InChI is InChI=1S/C20H21N3O2/c1-15-12-18(25-22-15)13-21-20(24)23(2)14-17-10-6-7-11-19(17)16-8-4-3-5-9-16/h3-12H,13-14H2,1-2H3,(H,21,24). The normalized spacial score (nSPS) is 10.5. The summed E-state index contributed by atoms with van der Waals surface area (Å²) in [6.45, 7) is 2.69. The average Bonchev–Trinajstić information content (AvgIpc) is 3.06. The van der Waals surface area contributed by atoms with Crippen LogP contribution in [-0.4, -0.2) is 23.1 Å². The third-order valence-corrected chi connectivity index (χ3v) is 3.95. The van der Waals surface area contributed by atoms with E-state index in [1.807, 2.05) is 49.4 Å². The Balaban J connectivity index is 1.66. The number of carbonyl (C=O) groups excluding carboxylic acids is 1. The lowest BCUT2D eigenvalue weighted by molar-refractivity contribution is 0.205. The lowest BCUT2D eigenvalue weighted by Crippen LogP contribution is -2.36. The van der Waals surface area contributed by atoms with Gasteiger partial charge in [-0.1, -0.05) is 59.8 Å². The van der Waals surface area contributed by atoms with Crippen LogP contribution in [-0.2, 0) is 13.1 Å². The van der Waals surface area contributed by atoms with Gasteiger partial charge in [-0.2, -0.15) is 0 Å². The van der Waals surface area contributed by atoms with Crippen molar-refractivity contribution in [2.75, 3.05) is 7.05 Å². The number of rotatable bonds is 5. The van der Waals surface area contributed by atoms with Gasteiger partial charge in [-0.05, 0) is 23.6 Å². The maximum absolute atomic E-state index is 12.3. The van der Waals surface area contributed by atoms with Gasteiger partial charge in [0.15, 0.2) is 5.76 Å². The highest BCUT2D eigenvalue weighted by Crippen LogP contribution is 2.24. The fraction of sp³-hybridized carbons (Fsp3) is 0.200. The molecule has 1 N–H and O–H groups in total. The Hall–Kier alpha value is -3.08. The van der Waals surface area contributed by atoms with Crippen molar-refractivity contribution in [3.05, 3.63) is 77.7 Å². The molecule has 3 rings (SSSR count). The number of nitrogens with one attached hydrogen (secondary N) is 1. The summed E-state index contributed by atoms with van der Waals surface area (Å²) < 4.78 is 5.11. The first-order valence-corrected chi connectivity index (χ1v) is 8.18. The Morgan fingerprint density at radius 3 is 2.56 bits per heavy atom. The van der Waals surface area contributed by atoms with E-state index in [0.717, 1.165) is 22.4 Å². The number of hydrogen-bond acceptors (Lipinski definition) is 3. The van der Waals surface area contributed by atoms with Crippen LogP contribution in [0, 0.1) is 6.92 Å². The summed E-state index contributed by atoms with van der Waals surface area (Å²) in [4.78, 5) is 14.0. The second kappa shape index (κ2) is 7.66. The molecule has 1 heterocycles. The van der Waals surface area contributed by atoms with Crippen LogP contribution in [0.15, 0.2) is 65.2 Å². The maximum Gasteiger partial charge on any atom is 0.317 e. The molecule has 0 spiro atoms. The first-order chi connectivity index (χ1) is 12.1. The fourth-order valence-corrected chi connectivity index (χ4v) is 2.68. The number of urea groups is 1. The quantitative estimate of drug-likeness (QED) is 0.767. The third kappa shape index (κ3) is 4.26. The van der Waals surface area contributed by atoms with Gasteiger partial charge in [0.05, 0.1) is 12.2 Å². The van der Waals surface area contributed by atoms with Crippen molar-refractivity contribution in [2.24, 2.45) is 0 Å². The molecule has 0 fully saturated rings. The summed E-state index contributed by atoms with van der Waals surface area (Å²) in [6.07, 6.45) is 0. The Labute approximate surface area is 147 Å². The average molecular weight is 335 g/mol. The maximum atomic E-state index is 12.3. The van der Waals surface area contributed by atoms with Gasteiger partial charge in [-0.15, -0.1) is 0 Å². The van der Waals surface area contributed by atoms with Gasteiger partial charge in [-0.25, -0.2) is 4.79 Å². The minimum absolute atomic E-state index is 0.156. The first kappa shape index (κ1) is 16.8. The zero-order valence-electron chi connectivity index (χ0n) is 14.4. The molecule has 1 aromatic heterocycles. The number of aryl methyl sites for hydroxylation is 1. The molecule has 128 valence electrons. The van der Waals surface area contributed by atoms with E-state index in [1.165, 1.54) is 0 Å². The SMILES string of the molecule is Cc1cc(CNC(=O)N(C)Cc2ccccc2-c2ccccc2)on1. The largest absolute Gasteiger partial charge is 0.359 e. The molecule has 0 unspecified atom stereocenters. The minimum atomic E-state index is -0.156. The highest BCUT2D eigenvalue weighted by Gasteiger charge is 2.12. The van der Waals surface area contributed by atoms with Gasteiger partial charge in [0.25, 0.3) is 0 Å². The summed E-state index contributed by atoms with van der Waals surface area (Å²) in [5.41, 5.74) is 4.17. The number of hydrogen-bond donors (Lipinski definition) is 1. The molecule has 0 aliphatic heterocycles. The van der Waals surface area contributed by atoms with Crippen molar-refractivity contribution in [1.29, 1.82) is 0 Å². The van der Waals surface area contributed by atoms with E-state index in [9.17, 15) is 4.79 Å². The van der Waals surface area contributed by atoms with Crippen molar-refractivity contribution in [1.82, 2.24) is 15.4 Å². The molecule has 2 amide bonds. The van der Waals surface area contributed by atoms with Crippen LogP contribution in [0.25, 0.3) is 11.1 Å². The Bertz CT molecular complexity index is 843. The first-order valence-electron chi connectivity index (χ1n) is 8.18. The topological polar surface area (TPSA) is 58.4 Å². The van der Waals surface area contributed by atoms with Crippen molar-refractivity contribution < 1.29 is 9.32 Å². The number of benzene rings is 2. The van der Waals surface area contributed by atoms with Crippen molar-refractivity contribution in [2.45, 2.75) is 20.0 Å². The van der Waals surface area contributed by atoms with Crippen LogP contribution in [0.1, 0.15) is 17.0 Å². The third-order valence-electron chi connectivity index (χ3n) is 3.95. The molecule has 0 aliphatic carbocycles. The summed E-state index contributed by atoms with van der Waals surface area (Å²) >= 11 is 0.